The molecule has 0 aromatic carbocycles. The number of Topliss-reactive ketones (excluding diaryl/α,β-unsaturated/α-hetero) is 1. The van der Waals surface area contributed by atoms with Crippen LogP contribution in [-0.2, 0) is 19.1 Å². The van der Waals surface area contributed by atoms with Crippen LogP contribution in [0.2, 0.25) is 0 Å². The maximum absolute atomic E-state index is 14.4. The molecule has 4 saturated carbocycles. The van der Waals surface area contributed by atoms with Gasteiger partial charge < -0.3 is 9.84 Å². The van der Waals surface area contributed by atoms with E-state index >= 15 is 0 Å². The maximum atomic E-state index is 14.4. The van der Waals surface area contributed by atoms with E-state index in [4.69, 9.17) is 4.74 Å². The Labute approximate surface area is 222 Å². The number of aliphatic hydroxyl groups excluding tert-OH is 1. The largest absolute Gasteiger partial charge is 0.515 e. The van der Waals surface area contributed by atoms with E-state index in [-0.39, 0.29) is 56.9 Å². The summed E-state index contributed by atoms with van der Waals surface area (Å²) in [4.78, 5) is 41.0. The molecule has 4 fully saturated rings. The van der Waals surface area contributed by atoms with Gasteiger partial charge in [-0.15, -0.1) is 0 Å². The summed E-state index contributed by atoms with van der Waals surface area (Å²) in [6, 6.07) is 0. The summed E-state index contributed by atoms with van der Waals surface area (Å²) in [6.07, 6.45) is 9.42. The molecule has 0 amide bonds. The van der Waals surface area contributed by atoms with Gasteiger partial charge in [0, 0.05) is 16.9 Å². The van der Waals surface area contributed by atoms with Gasteiger partial charge in [-0.2, -0.15) is 0 Å². The molecule has 0 aromatic rings. The molecule has 1 N–H and O–H groups in total. The second kappa shape index (κ2) is 7.82. The molecule has 5 heteroatoms. The predicted octanol–water partition coefficient (Wildman–Crippen LogP) is 6.76. The maximum Gasteiger partial charge on any atom is 0.312 e. The van der Waals surface area contributed by atoms with E-state index in [0.29, 0.717) is 12.0 Å². The molecule has 0 unspecified atom stereocenters. The van der Waals surface area contributed by atoms with Crippen LogP contribution in [0.25, 0.3) is 0 Å². The van der Waals surface area contributed by atoms with Crippen LogP contribution in [-0.4, -0.2) is 29.8 Å². The summed E-state index contributed by atoms with van der Waals surface area (Å²) in [5.74, 6) is -0.111. The Balaban J connectivity index is 1.68. The minimum Gasteiger partial charge on any atom is -0.515 e. The molecule has 0 aromatic heterocycles. The van der Waals surface area contributed by atoms with E-state index in [1.54, 1.807) is 0 Å². The lowest BCUT2D eigenvalue weighted by Crippen LogP contribution is -2.66. The van der Waals surface area contributed by atoms with Crippen molar-refractivity contribution < 1.29 is 24.2 Å². The minimum atomic E-state index is -0.607. The first-order chi connectivity index (χ1) is 17.0. The lowest BCUT2D eigenvalue weighted by atomic mass is 9.33. The van der Waals surface area contributed by atoms with Crippen LogP contribution in [0.15, 0.2) is 23.5 Å². The Morgan fingerprint density at radius 3 is 2.27 bits per heavy atom. The molecule has 0 spiro atoms. The van der Waals surface area contributed by atoms with Gasteiger partial charge in [-0.25, -0.2) is 0 Å². The van der Waals surface area contributed by atoms with Gasteiger partial charge >= 0.3 is 5.97 Å². The van der Waals surface area contributed by atoms with Crippen molar-refractivity contribution in [2.24, 2.45) is 50.2 Å². The highest BCUT2D eigenvalue weighted by atomic mass is 16.5. The van der Waals surface area contributed by atoms with E-state index in [1.165, 1.54) is 12.7 Å². The Morgan fingerprint density at radius 1 is 1.00 bits per heavy atom. The van der Waals surface area contributed by atoms with Gasteiger partial charge in [0.05, 0.1) is 18.8 Å². The molecule has 37 heavy (non-hydrogen) atoms. The molecular weight excluding hydrogens is 464 g/mol. The highest BCUT2D eigenvalue weighted by molar-refractivity contribution is 6.01. The fraction of sp³-hybridized carbons (Fsp3) is 0.781. The van der Waals surface area contributed by atoms with E-state index in [2.05, 4.69) is 34.6 Å². The van der Waals surface area contributed by atoms with Crippen molar-refractivity contribution in [1.29, 1.82) is 0 Å². The number of esters is 1. The van der Waals surface area contributed by atoms with Crippen molar-refractivity contribution in [2.45, 2.75) is 99.8 Å². The van der Waals surface area contributed by atoms with Gasteiger partial charge in [0.1, 0.15) is 0 Å². The normalized spacial score (nSPS) is 47.2. The number of carbonyl (C=O) groups excluding carboxylic acids is 3. The summed E-state index contributed by atoms with van der Waals surface area (Å²) < 4.78 is 5.41. The standard InChI is InChI=1S/C32H46O5/c1-27(2)11-13-32(26(36)37-8)14-12-31(7)24(20(32)17-27)21(34)15-23-29(5)16-19(18-33)25(35)28(3,4)22(29)9-10-30(23,31)6/h15,18,20,22,24,33H,9-14,16-17H2,1-8H3/b19-18+/t20-,22-,24-,29+,30+,31-,32-/m0/s1. The highest BCUT2D eigenvalue weighted by Gasteiger charge is 2.71. The molecule has 204 valence electrons. The average Bonchev–Trinajstić information content (AvgIpc) is 2.82. The number of ether oxygens (including phenoxy) is 1. The number of hydrogen-bond donors (Lipinski definition) is 1. The molecule has 5 aliphatic carbocycles. The Bertz CT molecular complexity index is 1130. The summed E-state index contributed by atoms with van der Waals surface area (Å²) >= 11 is 0. The average molecular weight is 511 g/mol. The van der Waals surface area contributed by atoms with Crippen molar-refractivity contribution in [1.82, 2.24) is 0 Å². The third-order valence-electron chi connectivity index (χ3n) is 12.7. The van der Waals surface area contributed by atoms with Crippen LogP contribution in [0, 0.1) is 50.2 Å². The topological polar surface area (TPSA) is 80.7 Å². The second-order valence-electron chi connectivity index (χ2n) is 15.2. The number of hydrogen-bond acceptors (Lipinski definition) is 5. The molecule has 0 radical (unpaired) electrons. The quantitative estimate of drug-likeness (QED) is 0.239. The lowest BCUT2D eigenvalue weighted by Gasteiger charge is -2.69. The minimum absolute atomic E-state index is 0.0258. The molecule has 5 rings (SSSR count). The van der Waals surface area contributed by atoms with Gasteiger partial charge in [0.2, 0.25) is 0 Å². The van der Waals surface area contributed by atoms with Crippen molar-refractivity contribution in [2.75, 3.05) is 7.11 Å². The molecule has 5 nitrogen and oxygen atoms in total. The van der Waals surface area contributed by atoms with E-state index < -0.39 is 10.8 Å². The fourth-order valence-corrected chi connectivity index (χ4v) is 10.5. The van der Waals surface area contributed by atoms with Crippen LogP contribution in [0.4, 0.5) is 0 Å². The number of rotatable bonds is 1. The summed E-state index contributed by atoms with van der Waals surface area (Å²) in [5, 5.41) is 10.0. The van der Waals surface area contributed by atoms with Crippen molar-refractivity contribution in [3.05, 3.63) is 23.5 Å². The van der Waals surface area contributed by atoms with Crippen LogP contribution in [0.3, 0.4) is 0 Å². The van der Waals surface area contributed by atoms with Gasteiger partial charge in [-0.1, -0.05) is 54.0 Å². The van der Waals surface area contributed by atoms with Crippen molar-refractivity contribution >= 4 is 17.5 Å². The number of ketones is 2. The molecule has 5 aliphatic rings. The first kappa shape index (κ1) is 26.7. The van der Waals surface area contributed by atoms with Gasteiger partial charge in [-0.05, 0) is 90.9 Å². The zero-order chi connectivity index (χ0) is 27.4. The SMILES string of the molecule is COC(=O)[C@]12CCC(C)(C)C[C@H]1[C@H]1C(=O)C=C3[C@]4(C)C/C(=C\O)C(=O)C(C)(C)[C@@H]4CC[C@@]3(C)[C@@]1(C)CC2. The monoisotopic (exact) mass is 510 g/mol. The molecular formula is C32H46O5. The van der Waals surface area contributed by atoms with Gasteiger partial charge in [-0.3, -0.25) is 14.4 Å². The molecule has 0 heterocycles. The Morgan fingerprint density at radius 2 is 1.65 bits per heavy atom. The van der Waals surface area contributed by atoms with Crippen LogP contribution < -0.4 is 0 Å². The number of aliphatic hydroxyl groups is 1. The van der Waals surface area contributed by atoms with E-state index in [1.807, 2.05) is 19.9 Å². The smallest absolute Gasteiger partial charge is 0.312 e. The number of fused-ring (bicyclic) bond motifs is 7. The molecule has 0 bridgehead atoms. The van der Waals surface area contributed by atoms with Crippen molar-refractivity contribution in [3.63, 3.8) is 0 Å². The molecule has 0 aliphatic heterocycles. The first-order valence-electron chi connectivity index (χ1n) is 14.3. The van der Waals surface area contributed by atoms with Gasteiger partial charge in [0.25, 0.3) is 0 Å². The number of methoxy groups -OCH3 is 1. The lowest BCUT2D eigenvalue weighted by molar-refractivity contribution is -0.192. The Hall–Kier alpha value is -1.91. The predicted molar refractivity (Wildman–Crippen MR) is 143 cm³/mol. The Kier molecular flexibility index (Phi) is 5.64. The zero-order valence-electron chi connectivity index (χ0n) is 24.1. The summed E-state index contributed by atoms with van der Waals surface area (Å²) in [7, 11) is 1.49. The summed E-state index contributed by atoms with van der Waals surface area (Å²) in [6.45, 7) is 15.4. The molecule has 7 atom stereocenters. The molecule has 0 saturated heterocycles. The fourth-order valence-electron chi connectivity index (χ4n) is 10.5. The first-order valence-corrected chi connectivity index (χ1v) is 14.3. The number of carbonyl (C=O) groups is 3. The van der Waals surface area contributed by atoms with Crippen LogP contribution >= 0.6 is 0 Å². The van der Waals surface area contributed by atoms with E-state index in [0.717, 1.165) is 51.2 Å². The highest BCUT2D eigenvalue weighted by Crippen LogP contribution is 2.75. The summed E-state index contributed by atoms with van der Waals surface area (Å²) in [5.41, 5.74) is -0.375. The third kappa shape index (κ3) is 3.18. The van der Waals surface area contributed by atoms with E-state index in [9.17, 15) is 19.5 Å². The van der Waals surface area contributed by atoms with Crippen molar-refractivity contribution in [3.8, 4) is 0 Å². The zero-order valence-corrected chi connectivity index (χ0v) is 24.1. The number of allylic oxidation sites excluding steroid dienone is 3. The third-order valence-corrected chi connectivity index (χ3v) is 12.7. The second-order valence-corrected chi connectivity index (χ2v) is 15.2. The van der Waals surface area contributed by atoms with Crippen LogP contribution in [0.1, 0.15) is 99.8 Å². The van der Waals surface area contributed by atoms with Crippen LogP contribution in [0.5, 0.6) is 0 Å². The van der Waals surface area contributed by atoms with Gasteiger partial charge in [0.15, 0.2) is 11.6 Å².